The molecule has 0 aliphatic heterocycles. The molecule has 0 bridgehead atoms. The van der Waals surface area contributed by atoms with Crippen LogP contribution in [0.2, 0.25) is 0 Å². The van der Waals surface area contributed by atoms with E-state index in [1.54, 1.807) is 36.2 Å². The van der Waals surface area contributed by atoms with Gasteiger partial charge in [-0.25, -0.2) is 0 Å². The van der Waals surface area contributed by atoms with E-state index in [0.29, 0.717) is 18.5 Å². The quantitative estimate of drug-likeness (QED) is 0.826. The van der Waals surface area contributed by atoms with E-state index >= 15 is 0 Å². The third-order valence-corrected chi connectivity index (χ3v) is 3.24. The van der Waals surface area contributed by atoms with Crippen molar-refractivity contribution in [2.45, 2.75) is 26.3 Å². The van der Waals surface area contributed by atoms with Crippen molar-refractivity contribution in [1.29, 1.82) is 0 Å². The van der Waals surface area contributed by atoms with Crippen LogP contribution in [0.4, 0.5) is 0 Å². The van der Waals surface area contributed by atoms with Gasteiger partial charge in [0.15, 0.2) is 0 Å². The Morgan fingerprint density at radius 2 is 1.81 bits per heavy atom. The standard InChI is InChI=1S/C16H24N2O3/c1-13(2)18(10-7-11-19)15(20)12-17(3)16(21)14-8-5-4-6-9-14/h4-6,8-9,13,19H,7,10-12H2,1-3H3. The molecule has 0 aliphatic rings. The summed E-state index contributed by atoms with van der Waals surface area (Å²) >= 11 is 0. The number of aliphatic hydroxyl groups excluding tert-OH is 1. The van der Waals surface area contributed by atoms with Gasteiger partial charge in [-0.05, 0) is 32.4 Å². The predicted molar refractivity (Wildman–Crippen MR) is 82.0 cm³/mol. The van der Waals surface area contributed by atoms with Gasteiger partial charge in [0.1, 0.15) is 0 Å². The lowest BCUT2D eigenvalue weighted by Crippen LogP contribution is -2.44. The number of hydrogen-bond acceptors (Lipinski definition) is 3. The second-order valence-corrected chi connectivity index (χ2v) is 5.29. The highest BCUT2D eigenvalue weighted by molar-refractivity contribution is 5.96. The largest absolute Gasteiger partial charge is 0.396 e. The molecule has 21 heavy (non-hydrogen) atoms. The van der Waals surface area contributed by atoms with Crippen LogP contribution in [0.25, 0.3) is 0 Å². The number of rotatable bonds is 7. The van der Waals surface area contributed by atoms with Gasteiger partial charge in [0.25, 0.3) is 5.91 Å². The van der Waals surface area contributed by atoms with Gasteiger partial charge in [-0.1, -0.05) is 18.2 Å². The molecule has 2 amide bonds. The van der Waals surface area contributed by atoms with Gasteiger partial charge in [0, 0.05) is 31.8 Å². The lowest BCUT2D eigenvalue weighted by Gasteiger charge is -2.28. The van der Waals surface area contributed by atoms with Crippen LogP contribution in [0.15, 0.2) is 30.3 Å². The topological polar surface area (TPSA) is 60.9 Å². The third kappa shape index (κ3) is 5.19. The fourth-order valence-electron chi connectivity index (χ4n) is 2.08. The summed E-state index contributed by atoms with van der Waals surface area (Å²) in [5.41, 5.74) is 0.569. The van der Waals surface area contributed by atoms with Gasteiger partial charge in [-0.3, -0.25) is 9.59 Å². The van der Waals surface area contributed by atoms with Gasteiger partial charge in [-0.15, -0.1) is 0 Å². The highest BCUT2D eigenvalue weighted by atomic mass is 16.3. The lowest BCUT2D eigenvalue weighted by atomic mass is 10.2. The molecule has 1 aromatic carbocycles. The summed E-state index contributed by atoms with van der Waals surface area (Å²) in [7, 11) is 1.62. The average Bonchev–Trinajstić information content (AvgIpc) is 2.47. The molecule has 116 valence electrons. The molecule has 0 fully saturated rings. The first-order valence-corrected chi connectivity index (χ1v) is 7.18. The van der Waals surface area contributed by atoms with Crippen molar-refractivity contribution < 1.29 is 14.7 Å². The maximum atomic E-state index is 12.3. The number of hydrogen-bond donors (Lipinski definition) is 1. The minimum Gasteiger partial charge on any atom is -0.396 e. The second-order valence-electron chi connectivity index (χ2n) is 5.29. The van der Waals surface area contributed by atoms with Crippen LogP contribution in [0.5, 0.6) is 0 Å². The zero-order valence-corrected chi connectivity index (χ0v) is 13.0. The summed E-state index contributed by atoms with van der Waals surface area (Å²) in [5, 5.41) is 8.89. The molecule has 1 rings (SSSR count). The predicted octanol–water partition coefficient (Wildman–Crippen LogP) is 1.38. The smallest absolute Gasteiger partial charge is 0.254 e. The number of amides is 2. The number of benzene rings is 1. The number of carbonyl (C=O) groups excluding carboxylic acids is 2. The molecule has 0 heterocycles. The summed E-state index contributed by atoms with van der Waals surface area (Å²) in [6.45, 7) is 4.44. The van der Waals surface area contributed by atoms with Gasteiger partial charge in [0.05, 0.1) is 6.54 Å². The maximum absolute atomic E-state index is 12.3. The Morgan fingerprint density at radius 1 is 1.19 bits per heavy atom. The fourth-order valence-corrected chi connectivity index (χ4v) is 2.08. The molecular weight excluding hydrogens is 268 g/mol. The minimum atomic E-state index is -0.171. The maximum Gasteiger partial charge on any atom is 0.254 e. The zero-order valence-electron chi connectivity index (χ0n) is 13.0. The average molecular weight is 292 g/mol. The lowest BCUT2D eigenvalue weighted by molar-refractivity contribution is -0.133. The van der Waals surface area contributed by atoms with Crippen LogP contribution in [-0.4, -0.2) is 59.5 Å². The number of aliphatic hydroxyl groups is 1. The molecule has 0 unspecified atom stereocenters. The summed E-state index contributed by atoms with van der Waals surface area (Å²) in [5.74, 6) is -0.278. The normalized spacial score (nSPS) is 10.5. The molecule has 0 radical (unpaired) electrons. The van der Waals surface area contributed by atoms with E-state index in [0.717, 1.165) is 0 Å². The molecule has 1 N–H and O–H groups in total. The van der Waals surface area contributed by atoms with Crippen LogP contribution in [-0.2, 0) is 4.79 Å². The first kappa shape index (κ1) is 17.2. The third-order valence-electron chi connectivity index (χ3n) is 3.24. The van der Waals surface area contributed by atoms with E-state index in [2.05, 4.69) is 0 Å². The monoisotopic (exact) mass is 292 g/mol. The van der Waals surface area contributed by atoms with Crippen LogP contribution >= 0.6 is 0 Å². The van der Waals surface area contributed by atoms with E-state index in [-0.39, 0.29) is 31.0 Å². The SMILES string of the molecule is CC(C)N(CCCO)C(=O)CN(C)C(=O)c1ccccc1. The molecule has 0 atom stereocenters. The Kier molecular flexibility index (Phi) is 6.88. The number of likely N-dealkylation sites (N-methyl/N-ethyl adjacent to an activating group) is 1. The van der Waals surface area contributed by atoms with Crippen molar-refractivity contribution in [2.75, 3.05) is 26.7 Å². The van der Waals surface area contributed by atoms with Crippen molar-refractivity contribution in [3.05, 3.63) is 35.9 Å². The first-order valence-electron chi connectivity index (χ1n) is 7.18. The molecule has 1 aromatic rings. The molecule has 0 aliphatic carbocycles. The summed E-state index contributed by atoms with van der Waals surface area (Å²) in [6.07, 6.45) is 0.542. The van der Waals surface area contributed by atoms with Gasteiger partial charge in [-0.2, -0.15) is 0 Å². The second kappa shape index (κ2) is 8.42. The molecular formula is C16H24N2O3. The summed E-state index contributed by atoms with van der Waals surface area (Å²) in [4.78, 5) is 27.6. The Balaban J connectivity index is 2.65. The fraction of sp³-hybridized carbons (Fsp3) is 0.500. The van der Waals surface area contributed by atoms with Crippen molar-refractivity contribution >= 4 is 11.8 Å². The molecule has 5 heteroatoms. The summed E-state index contributed by atoms with van der Waals surface area (Å²) in [6, 6.07) is 8.95. The van der Waals surface area contributed by atoms with E-state index in [4.69, 9.17) is 5.11 Å². The highest BCUT2D eigenvalue weighted by Gasteiger charge is 2.20. The molecule has 0 spiro atoms. The molecule has 0 saturated heterocycles. The van der Waals surface area contributed by atoms with Crippen LogP contribution in [0, 0.1) is 0 Å². The molecule has 0 saturated carbocycles. The van der Waals surface area contributed by atoms with E-state index in [1.807, 2.05) is 19.9 Å². The summed E-state index contributed by atoms with van der Waals surface area (Å²) < 4.78 is 0. The van der Waals surface area contributed by atoms with Crippen LogP contribution in [0.3, 0.4) is 0 Å². The zero-order chi connectivity index (χ0) is 15.8. The first-order chi connectivity index (χ1) is 9.97. The van der Waals surface area contributed by atoms with Crippen molar-refractivity contribution in [3.63, 3.8) is 0 Å². The Hall–Kier alpha value is -1.88. The van der Waals surface area contributed by atoms with Gasteiger partial charge >= 0.3 is 0 Å². The van der Waals surface area contributed by atoms with Crippen molar-refractivity contribution in [2.24, 2.45) is 0 Å². The highest BCUT2D eigenvalue weighted by Crippen LogP contribution is 2.06. The van der Waals surface area contributed by atoms with Crippen LogP contribution < -0.4 is 0 Å². The Bertz CT molecular complexity index is 460. The molecule has 0 aromatic heterocycles. The van der Waals surface area contributed by atoms with Crippen molar-refractivity contribution in [1.82, 2.24) is 9.80 Å². The van der Waals surface area contributed by atoms with Gasteiger partial charge < -0.3 is 14.9 Å². The van der Waals surface area contributed by atoms with E-state index < -0.39 is 0 Å². The number of nitrogens with zero attached hydrogens (tertiary/aromatic N) is 2. The van der Waals surface area contributed by atoms with Crippen LogP contribution in [0.1, 0.15) is 30.6 Å². The Labute approximate surface area is 126 Å². The van der Waals surface area contributed by atoms with Crippen molar-refractivity contribution in [3.8, 4) is 0 Å². The van der Waals surface area contributed by atoms with Gasteiger partial charge in [0.2, 0.25) is 5.91 Å². The molecule has 5 nitrogen and oxygen atoms in total. The van der Waals surface area contributed by atoms with E-state index in [1.165, 1.54) is 4.90 Å². The minimum absolute atomic E-state index is 0.0390. The Morgan fingerprint density at radius 3 is 2.33 bits per heavy atom. The number of carbonyl (C=O) groups is 2. The van der Waals surface area contributed by atoms with E-state index in [9.17, 15) is 9.59 Å².